The average Bonchev–Trinajstić information content (AvgIpc) is 2.68. The largest absolute Gasteiger partial charge is 0.511 e. The summed E-state index contributed by atoms with van der Waals surface area (Å²) in [6.07, 6.45) is 3.31. The third-order valence-corrected chi connectivity index (χ3v) is 5.50. The normalized spacial score (nSPS) is 12.0. The van der Waals surface area contributed by atoms with Crippen molar-refractivity contribution in [3.05, 3.63) is 47.2 Å². The summed E-state index contributed by atoms with van der Waals surface area (Å²) in [5.74, 6) is -0.974. The van der Waals surface area contributed by atoms with Crippen molar-refractivity contribution in [2.75, 3.05) is 31.3 Å². The molecule has 1 amide bonds. The van der Waals surface area contributed by atoms with Crippen LogP contribution in [0, 0.1) is 22.7 Å². The fourth-order valence-corrected chi connectivity index (χ4v) is 3.73. The lowest BCUT2D eigenvalue weighted by molar-refractivity contribution is -0.112. The van der Waals surface area contributed by atoms with Crippen LogP contribution in [0.5, 0.6) is 5.75 Å². The van der Waals surface area contributed by atoms with Crippen LogP contribution in [0.4, 0.5) is 5.69 Å². The minimum Gasteiger partial charge on any atom is -0.511 e. The Morgan fingerprint density at radius 3 is 2.43 bits per heavy atom. The first-order chi connectivity index (χ1) is 14.3. The first-order valence-electron chi connectivity index (χ1n) is 9.11. The molecule has 0 fully saturated rings. The number of nitrogens with zero attached hydrogens (tertiary/aromatic N) is 2. The number of allylic oxidation sites excluding steroid dienone is 2. The number of rotatable bonds is 11. The Hall–Kier alpha value is -3.10. The molecule has 1 aromatic carbocycles. The minimum absolute atomic E-state index is 0.0728. The van der Waals surface area contributed by atoms with Crippen LogP contribution in [0.25, 0.3) is 0 Å². The molecule has 10 heteroatoms. The standard InChI is InChI=1S/C20H24N3O6P/c1-4-28-30(26,29-5-2)11-7-6-10-27-19-12-17(9-8-16(19)13-21)23-20(25)18(14-22)15(3)24/h6-9,12,24H,4-5,10-11H2,1-3H3,(H,23,25)/b7-6+,18-15+. The second-order valence-electron chi connectivity index (χ2n) is 5.76. The van der Waals surface area contributed by atoms with Gasteiger partial charge in [0.15, 0.2) is 5.57 Å². The number of amides is 1. The number of aliphatic hydroxyl groups is 1. The van der Waals surface area contributed by atoms with E-state index in [-0.39, 0.29) is 43.0 Å². The monoisotopic (exact) mass is 433 g/mol. The van der Waals surface area contributed by atoms with E-state index < -0.39 is 24.8 Å². The molecule has 30 heavy (non-hydrogen) atoms. The summed E-state index contributed by atoms with van der Waals surface area (Å²) in [6.45, 7) is 5.29. The lowest BCUT2D eigenvalue weighted by Crippen LogP contribution is -2.15. The predicted molar refractivity (Wildman–Crippen MR) is 111 cm³/mol. The van der Waals surface area contributed by atoms with Gasteiger partial charge in [-0.3, -0.25) is 9.36 Å². The van der Waals surface area contributed by atoms with E-state index in [1.54, 1.807) is 32.1 Å². The number of nitrogens with one attached hydrogen (secondary N) is 1. The molecule has 0 saturated heterocycles. The molecule has 0 aromatic heterocycles. The van der Waals surface area contributed by atoms with Crippen molar-refractivity contribution in [2.45, 2.75) is 20.8 Å². The summed E-state index contributed by atoms with van der Waals surface area (Å²) in [4.78, 5) is 12.0. The lowest BCUT2D eigenvalue weighted by atomic mass is 10.2. The van der Waals surface area contributed by atoms with E-state index in [0.717, 1.165) is 0 Å². The molecule has 0 spiro atoms. The molecule has 1 rings (SSSR count). The SMILES string of the molecule is CCOP(=O)(C/C=C/COc1cc(NC(=O)/C(C#N)=C(\C)O)ccc1C#N)OCC. The number of anilines is 1. The van der Waals surface area contributed by atoms with Gasteiger partial charge in [0.2, 0.25) is 0 Å². The third-order valence-electron chi connectivity index (χ3n) is 3.54. The smallest absolute Gasteiger partial charge is 0.334 e. The molecule has 0 saturated carbocycles. The Morgan fingerprint density at radius 2 is 1.90 bits per heavy atom. The zero-order chi connectivity index (χ0) is 22.6. The second-order valence-corrected chi connectivity index (χ2v) is 7.86. The van der Waals surface area contributed by atoms with Gasteiger partial charge in [-0.15, -0.1) is 0 Å². The average molecular weight is 433 g/mol. The Kier molecular flexibility index (Phi) is 10.4. The van der Waals surface area contributed by atoms with E-state index >= 15 is 0 Å². The predicted octanol–water partition coefficient (Wildman–Crippen LogP) is 4.05. The Balaban J connectivity index is 2.83. The third kappa shape index (κ3) is 7.73. The summed E-state index contributed by atoms with van der Waals surface area (Å²) in [7, 11) is -3.18. The molecular weight excluding hydrogens is 409 g/mol. The van der Waals surface area contributed by atoms with E-state index in [9.17, 15) is 19.7 Å². The van der Waals surface area contributed by atoms with Gasteiger partial charge in [-0.1, -0.05) is 12.2 Å². The molecule has 0 unspecified atom stereocenters. The minimum atomic E-state index is -3.18. The Morgan fingerprint density at radius 1 is 1.23 bits per heavy atom. The van der Waals surface area contributed by atoms with Crippen molar-refractivity contribution >= 4 is 19.2 Å². The molecule has 1 aromatic rings. The van der Waals surface area contributed by atoms with Crippen molar-refractivity contribution in [2.24, 2.45) is 0 Å². The number of carbonyl (C=O) groups excluding carboxylic acids is 1. The van der Waals surface area contributed by atoms with Gasteiger partial charge in [-0.05, 0) is 32.9 Å². The molecule has 9 nitrogen and oxygen atoms in total. The quantitative estimate of drug-likeness (QED) is 0.175. The van der Waals surface area contributed by atoms with Crippen molar-refractivity contribution in [3.8, 4) is 17.9 Å². The summed E-state index contributed by atoms with van der Waals surface area (Å²) < 4.78 is 28.3. The van der Waals surface area contributed by atoms with Gasteiger partial charge < -0.3 is 24.2 Å². The molecule has 0 heterocycles. The number of hydrogen-bond acceptors (Lipinski definition) is 8. The Bertz CT molecular complexity index is 929. The van der Waals surface area contributed by atoms with Gasteiger partial charge in [0, 0.05) is 11.8 Å². The van der Waals surface area contributed by atoms with Crippen molar-refractivity contribution in [3.63, 3.8) is 0 Å². The van der Waals surface area contributed by atoms with Crippen LogP contribution in [0.3, 0.4) is 0 Å². The van der Waals surface area contributed by atoms with Gasteiger partial charge in [-0.25, -0.2) is 0 Å². The summed E-state index contributed by atoms with van der Waals surface area (Å²) in [5, 5.41) is 30.0. The number of ether oxygens (including phenoxy) is 1. The van der Waals surface area contributed by atoms with Crippen LogP contribution in [-0.2, 0) is 18.4 Å². The van der Waals surface area contributed by atoms with Gasteiger partial charge >= 0.3 is 7.60 Å². The van der Waals surface area contributed by atoms with E-state index in [2.05, 4.69) is 5.32 Å². The molecule has 0 bridgehead atoms. The van der Waals surface area contributed by atoms with Gasteiger partial charge in [0.05, 0.1) is 24.9 Å². The highest BCUT2D eigenvalue weighted by atomic mass is 31.2. The van der Waals surface area contributed by atoms with Crippen LogP contribution in [0.1, 0.15) is 26.3 Å². The maximum atomic E-state index is 12.4. The summed E-state index contributed by atoms with van der Waals surface area (Å²) in [5.41, 5.74) is 0.104. The van der Waals surface area contributed by atoms with Crippen molar-refractivity contribution < 1.29 is 28.3 Å². The van der Waals surface area contributed by atoms with Gasteiger partial charge in [-0.2, -0.15) is 10.5 Å². The highest BCUT2D eigenvalue weighted by Gasteiger charge is 2.21. The van der Waals surface area contributed by atoms with Gasteiger partial charge in [0.1, 0.15) is 30.3 Å². The Labute approximate surface area is 175 Å². The maximum absolute atomic E-state index is 12.4. The van der Waals surface area contributed by atoms with Crippen LogP contribution in [-0.4, -0.2) is 37.0 Å². The molecule has 160 valence electrons. The highest BCUT2D eigenvalue weighted by molar-refractivity contribution is 7.54. The van der Waals surface area contributed by atoms with Gasteiger partial charge in [0.25, 0.3) is 5.91 Å². The van der Waals surface area contributed by atoms with E-state index in [4.69, 9.17) is 19.0 Å². The topological polar surface area (TPSA) is 142 Å². The molecule has 0 aliphatic heterocycles. The molecule has 0 radical (unpaired) electrons. The number of nitriles is 2. The van der Waals surface area contributed by atoms with Crippen LogP contribution >= 0.6 is 7.60 Å². The van der Waals surface area contributed by atoms with E-state index in [1.165, 1.54) is 25.1 Å². The molecule has 0 atom stereocenters. The fraction of sp³-hybridized carbons (Fsp3) is 0.350. The summed E-state index contributed by atoms with van der Waals surface area (Å²) >= 11 is 0. The number of hydrogen-bond donors (Lipinski definition) is 2. The lowest BCUT2D eigenvalue weighted by Gasteiger charge is -2.14. The summed E-state index contributed by atoms with van der Waals surface area (Å²) in [6, 6.07) is 7.95. The first-order valence-corrected chi connectivity index (χ1v) is 10.8. The first kappa shape index (κ1) is 24.9. The molecule has 0 aliphatic carbocycles. The van der Waals surface area contributed by atoms with E-state index in [0.29, 0.717) is 0 Å². The van der Waals surface area contributed by atoms with Crippen molar-refractivity contribution in [1.29, 1.82) is 10.5 Å². The second kappa shape index (κ2) is 12.5. The van der Waals surface area contributed by atoms with E-state index in [1.807, 2.05) is 6.07 Å². The number of benzene rings is 1. The highest BCUT2D eigenvalue weighted by Crippen LogP contribution is 2.47. The fourth-order valence-electron chi connectivity index (χ4n) is 2.25. The maximum Gasteiger partial charge on any atom is 0.334 e. The number of aliphatic hydroxyl groups excluding tert-OH is 1. The van der Waals surface area contributed by atoms with Crippen molar-refractivity contribution in [1.82, 2.24) is 0 Å². The molecule has 2 N–H and O–H groups in total. The zero-order valence-electron chi connectivity index (χ0n) is 17.0. The van der Waals surface area contributed by atoms with Crippen LogP contribution < -0.4 is 10.1 Å². The van der Waals surface area contributed by atoms with Crippen LogP contribution in [0.2, 0.25) is 0 Å². The molecular formula is C20H24N3O6P. The van der Waals surface area contributed by atoms with Crippen LogP contribution in [0.15, 0.2) is 41.7 Å². The number of carbonyl (C=O) groups is 1. The molecule has 0 aliphatic rings. The zero-order valence-corrected chi connectivity index (χ0v) is 17.9.